The number of hydrogen-bond donors (Lipinski definition) is 0. The minimum Gasteiger partial charge on any atom is -0.457 e. The Morgan fingerprint density at radius 3 is 0.675 bits per heavy atom. The van der Waals surface area contributed by atoms with Gasteiger partial charge in [-0.3, -0.25) is 29.0 Å². The van der Waals surface area contributed by atoms with Crippen molar-refractivity contribution in [2.24, 2.45) is 0 Å². The van der Waals surface area contributed by atoms with Crippen molar-refractivity contribution >= 4 is 66.7 Å². The maximum Gasteiger partial charge on any atom is 0.261 e. The maximum atomic E-state index is 15.2. The van der Waals surface area contributed by atoms with Crippen molar-refractivity contribution in [1.82, 2.24) is 9.80 Å². The molecule has 0 spiro atoms. The zero-order valence-electron chi connectivity index (χ0n) is 48.5. The molecule has 0 saturated carbocycles. The predicted octanol–water partition coefficient (Wildman–Crippen LogP) is 18.1. The normalized spacial score (nSPS) is 14.1. The quantitative estimate of drug-likeness (QED) is 0.0676. The summed E-state index contributed by atoms with van der Waals surface area (Å²) in [4.78, 5) is 63.4. The van der Waals surface area contributed by atoms with Crippen LogP contribution in [0, 0.1) is 0 Å². The second-order valence-corrected chi connectivity index (χ2v) is 25.7. The lowest BCUT2D eigenvalue weighted by Crippen LogP contribution is -2.41. The molecule has 0 N–H and O–H groups in total. The van der Waals surface area contributed by atoms with E-state index >= 15 is 19.2 Å². The lowest BCUT2D eigenvalue weighted by Gasteiger charge is -2.32. The Labute approximate surface area is 468 Å². The molecule has 2 heterocycles. The maximum absolute atomic E-state index is 15.2. The van der Waals surface area contributed by atoms with Crippen molar-refractivity contribution in [3.63, 3.8) is 0 Å². The Morgan fingerprint density at radius 1 is 0.300 bits per heavy atom. The van der Waals surface area contributed by atoms with Crippen LogP contribution in [0.15, 0.2) is 121 Å². The molecule has 0 radical (unpaired) electrons. The SMILES string of the molecule is CCCN1C(=O)c2cc(Oc3ccc(C(C)(C)C)cc3)c3c4c(Oc5ccc(C(C)(C)C)cc5)cc5c6c(cc(Oc7ccc(C(C)(C)C)cc7)c(c7c(Oc8ccc(C(C)(C)C)cc8)cc(c2c37)C1=O)c64)C(=O)N(CCC)C5=O. The van der Waals surface area contributed by atoms with Gasteiger partial charge in [0, 0.05) is 56.2 Å². The molecule has 0 atom stereocenters. The number of amides is 4. The van der Waals surface area contributed by atoms with Gasteiger partial charge in [-0.2, -0.15) is 0 Å². The first-order chi connectivity index (χ1) is 37.8. The lowest BCUT2D eigenvalue weighted by atomic mass is 9.80. The predicted molar refractivity (Wildman–Crippen MR) is 320 cm³/mol. The molecule has 2 aliphatic rings. The van der Waals surface area contributed by atoms with Crippen molar-refractivity contribution in [2.75, 3.05) is 13.1 Å². The number of ether oxygens (including phenoxy) is 4. The van der Waals surface area contributed by atoms with Crippen LogP contribution in [0.25, 0.3) is 43.1 Å². The second kappa shape index (κ2) is 19.2. The molecular formula is C70H70N2O8. The van der Waals surface area contributed by atoms with Gasteiger partial charge < -0.3 is 18.9 Å². The van der Waals surface area contributed by atoms with E-state index in [0.717, 1.165) is 22.3 Å². The van der Waals surface area contributed by atoms with Crippen molar-refractivity contribution in [2.45, 2.75) is 131 Å². The van der Waals surface area contributed by atoms with Crippen LogP contribution < -0.4 is 18.9 Å². The molecule has 408 valence electrons. The summed E-state index contributed by atoms with van der Waals surface area (Å²) in [5, 5.41) is 3.70. The molecule has 2 aliphatic heterocycles. The largest absolute Gasteiger partial charge is 0.457 e. The van der Waals surface area contributed by atoms with Crippen LogP contribution in [-0.4, -0.2) is 46.5 Å². The monoisotopic (exact) mass is 1070 g/mol. The van der Waals surface area contributed by atoms with E-state index in [0.29, 0.717) is 78.9 Å². The summed E-state index contributed by atoms with van der Waals surface area (Å²) in [6, 6.07) is 38.6. The Kier molecular flexibility index (Phi) is 12.9. The van der Waals surface area contributed by atoms with Gasteiger partial charge >= 0.3 is 0 Å². The van der Waals surface area contributed by atoms with Gasteiger partial charge in [0.15, 0.2) is 0 Å². The minimum atomic E-state index is -0.463. The highest BCUT2D eigenvalue weighted by Gasteiger charge is 2.41. The van der Waals surface area contributed by atoms with Gasteiger partial charge in [-0.05, 0) is 130 Å². The summed E-state index contributed by atoms with van der Waals surface area (Å²) in [5.74, 6) is 1.28. The van der Waals surface area contributed by atoms with Gasteiger partial charge in [-0.25, -0.2) is 0 Å². The molecule has 9 aromatic carbocycles. The standard InChI is InChI=1S/C70H70N2O8/c1-15-33-71-63(73)47-35-51(77-43-25-17-39(18-26-43)67(3,4)5)57-59-53(79-45-29-21-41(22-30-45)69(9,10)11)37-49-56-50(66(76)72(34-16-2)65(49)75)38-54(80-46-31-23-42(24-32-46)70(12,13)14)60(62(56)59)58-52(36-48(64(71)74)55(47)61(57)58)78-44-27-19-40(20-28-44)68(6,7)8/h17-32,35-38H,15-16,33-34H2,1-14H3. The molecule has 0 unspecified atom stereocenters. The van der Waals surface area contributed by atoms with Gasteiger partial charge in [0.1, 0.15) is 46.0 Å². The van der Waals surface area contributed by atoms with Crippen molar-refractivity contribution in [3.8, 4) is 46.0 Å². The third-order valence-electron chi connectivity index (χ3n) is 15.8. The van der Waals surface area contributed by atoms with Gasteiger partial charge in [-0.1, -0.05) is 145 Å². The van der Waals surface area contributed by atoms with E-state index in [1.165, 1.54) is 9.80 Å². The van der Waals surface area contributed by atoms with Crippen LogP contribution in [0.5, 0.6) is 46.0 Å². The molecule has 4 amide bonds. The van der Waals surface area contributed by atoms with E-state index in [1.54, 1.807) is 24.3 Å². The molecule has 9 aromatic rings. The third kappa shape index (κ3) is 9.16. The average Bonchev–Trinajstić information content (AvgIpc) is 3.47. The molecule has 10 nitrogen and oxygen atoms in total. The summed E-state index contributed by atoms with van der Waals surface area (Å²) in [6.45, 7) is 30.0. The van der Waals surface area contributed by atoms with Crippen LogP contribution in [0.4, 0.5) is 0 Å². The molecule has 0 aliphatic carbocycles. The van der Waals surface area contributed by atoms with Gasteiger partial charge in [0.05, 0.1) is 22.3 Å². The highest BCUT2D eigenvalue weighted by Crippen LogP contribution is 2.58. The topological polar surface area (TPSA) is 112 Å². The fraction of sp³-hybridized carbons (Fsp3) is 0.314. The molecule has 0 saturated heterocycles. The molecule has 0 fully saturated rings. The molecule has 0 bridgehead atoms. The number of benzene rings is 9. The molecule has 80 heavy (non-hydrogen) atoms. The number of imide groups is 2. The first kappa shape index (κ1) is 53.7. The van der Waals surface area contributed by atoms with Crippen LogP contribution in [0.3, 0.4) is 0 Å². The Balaban J connectivity index is 1.36. The second-order valence-electron chi connectivity index (χ2n) is 25.7. The number of carbonyl (C=O) groups is 4. The van der Waals surface area contributed by atoms with E-state index in [4.69, 9.17) is 18.9 Å². The van der Waals surface area contributed by atoms with Crippen LogP contribution >= 0.6 is 0 Å². The number of hydrogen-bond acceptors (Lipinski definition) is 8. The van der Waals surface area contributed by atoms with Gasteiger partial charge in [0.25, 0.3) is 23.6 Å². The molecule has 10 heteroatoms. The Morgan fingerprint density at radius 2 is 0.500 bits per heavy atom. The highest BCUT2D eigenvalue weighted by atomic mass is 16.5. The van der Waals surface area contributed by atoms with E-state index in [2.05, 4.69) is 83.1 Å². The molecular weight excluding hydrogens is 997 g/mol. The number of rotatable bonds is 12. The first-order valence-corrected chi connectivity index (χ1v) is 28.0. The van der Waals surface area contributed by atoms with Crippen molar-refractivity contribution in [3.05, 3.63) is 166 Å². The van der Waals surface area contributed by atoms with Crippen LogP contribution in [-0.2, 0) is 21.7 Å². The smallest absolute Gasteiger partial charge is 0.261 e. The Hall–Kier alpha value is -8.24. The zero-order chi connectivity index (χ0) is 57.1. The minimum absolute atomic E-state index is 0.152. The van der Waals surface area contributed by atoms with Crippen LogP contribution in [0.2, 0.25) is 0 Å². The van der Waals surface area contributed by atoms with Crippen molar-refractivity contribution < 1.29 is 38.1 Å². The third-order valence-corrected chi connectivity index (χ3v) is 15.8. The number of carbonyl (C=O) groups excluding carboxylic acids is 4. The zero-order valence-corrected chi connectivity index (χ0v) is 48.5. The number of fused-ring (bicyclic) bond motifs is 2. The van der Waals surface area contributed by atoms with E-state index in [9.17, 15) is 0 Å². The summed E-state index contributed by atoms with van der Waals surface area (Å²) in [7, 11) is 0. The van der Waals surface area contributed by atoms with Crippen molar-refractivity contribution in [1.29, 1.82) is 0 Å². The first-order valence-electron chi connectivity index (χ1n) is 28.0. The summed E-state index contributed by atoms with van der Waals surface area (Å²) >= 11 is 0. The summed E-state index contributed by atoms with van der Waals surface area (Å²) < 4.78 is 28.7. The highest BCUT2D eigenvalue weighted by molar-refractivity contribution is 6.44. The number of nitrogens with zero attached hydrogens (tertiary/aromatic N) is 2. The van der Waals surface area contributed by atoms with Crippen LogP contribution in [0.1, 0.15) is 173 Å². The molecule has 11 rings (SSSR count). The van der Waals surface area contributed by atoms with Gasteiger partial charge in [-0.15, -0.1) is 0 Å². The van der Waals surface area contributed by atoms with E-state index in [1.807, 2.05) is 111 Å². The summed E-state index contributed by atoms with van der Waals surface area (Å²) in [5.41, 5.74) is 4.86. The fourth-order valence-electron chi connectivity index (χ4n) is 11.4. The fourth-order valence-corrected chi connectivity index (χ4v) is 11.4. The van der Waals surface area contributed by atoms with E-state index in [-0.39, 0.29) is 80.0 Å². The van der Waals surface area contributed by atoms with E-state index < -0.39 is 23.6 Å². The van der Waals surface area contributed by atoms with Gasteiger partial charge in [0.2, 0.25) is 0 Å². The Bertz CT molecular complexity index is 3490. The molecule has 0 aromatic heterocycles. The lowest BCUT2D eigenvalue weighted by molar-refractivity contribution is 0.0595. The average molecular weight is 1070 g/mol. The summed E-state index contributed by atoms with van der Waals surface area (Å²) in [6.07, 6.45) is 1.06.